The fraction of sp³-hybridized carbons (Fsp3) is 0.226. The van der Waals surface area contributed by atoms with E-state index in [9.17, 15) is 4.79 Å². The molecule has 7 rings (SSSR count). The zero-order chi connectivity index (χ0) is 27.6. The van der Waals surface area contributed by atoms with Crippen LogP contribution in [-0.4, -0.2) is 56.3 Å². The Morgan fingerprint density at radius 2 is 1.93 bits per heavy atom. The molecule has 0 aliphatic carbocycles. The minimum absolute atomic E-state index is 0.0592. The van der Waals surface area contributed by atoms with E-state index in [1.54, 1.807) is 10.7 Å². The van der Waals surface area contributed by atoms with E-state index in [2.05, 4.69) is 66.2 Å². The lowest BCUT2D eigenvalue weighted by atomic mass is 10.1. The molecular weight excluding hydrogens is 516 g/mol. The molecule has 0 radical (unpaired) electrons. The molecule has 0 spiro atoms. The van der Waals surface area contributed by atoms with Gasteiger partial charge in [0.25, 0.3) is 5.91 Å². The SMILES string of the molecule is O=C(N[C@@H]1CCN(Cc2ccccc2)C1)c1ccc(Nc2ncc(-c3ccc4c(c3)CNCO4)n3ncnc23)cc1. The lowest BCUT2D eigenvalue weighted by Crippen LogP contribution is -2.36. The molecule has 0 unspecified atom stereocenters. The van der Waals surface area contributed by atoms with Crippen molar-refractivity contribution in [3.63, 3.8) is 0 Å². The summed E-state index contributed by atoms with van der Waals surface area (Å²) in [5.41, 5.74) is 6.23. The number of ether oxygens (including phenoxy) is 1. The van der Waals surface area contributed by atoms with Crippen LogP contribution in [0.5, 0.6) is 5.75 Å². The first-order chi connectivity index (χ1) is 20.2. The average Bonchev–Trinajstić information content (AvgIpc) is 3.68. The Morgan fingerprint density at radius 1 is 1.05 bits per heavy atom. The second-order valence-electron chi connectivity index (χ2n) is 10.4. The Morgan fingerprint density at radius 3 is 2.80 bits per heavy atom. The molecule has 1 fully saturated rings. The maximum absolute atomic E-state index is 12.9. The number of likely N-dealkylation sites (tertiary alicyclic amines) is 1. The predicted molar refractivity (Wildman–Crippen MR) is 156 cm³/mol. The van der Waals surface area contributed by atoms with Crippen molar-refractivity contribution in [1.82, 2.24) is 35.1 Å². The van der Waals surface area contributed by atoms with Crippen LogP contribution in [0.15, 0.2) is 85.3 Å². The van der Waals surface area contributed by atoms with Crippen LogP contribution in [0.3, 0.4) is 0 Å². The third-order valence-electron chi connectivity index (χ3n) is 7.57. The zero-order valence-electron chi connectivity index (χ0n) is 22.5. The first kappa shape index (κ1) is 25.2. The Balaban J connectivity index is 1.01. The van der Waals surface area contributed by atoms with Crippen LogP contribution in [0.2, 0.25) is 0 Å². The molecule has 2 aromatic heterocycles. The van der Waals surface area contributed by atoms with Crippen LogP contribution in [-0.2, 0) is 13.1 Å². The molecule has 10 heteroatoms. The number of nitrogens with zero attached hydrogens (tertiary/aromatic N) is 5. The Bertz CT molecular complexity index is 1690. The van der Waals surface area contributed by atoms with Crippen LogP contribution in [0.25, 0.3) is 16.9 Å². The van der Waals surface area contributed by atoms with E-state index in [4.69, 9.17) is 4.74 Å². The summed E-state index contributed by atoms with van der Waals surface area (Å²) in [6, 6.07) is 24.1. The summed E-state index contributed by atoms with van der Waals surface area (Å²) in [5, 5.41) is 14.2. The van der Waals surface area contributed by atoms with Gasteiger partial charge in [0.15, 0.2) is 11.5 Å². The Labute approximate surface area is 237 Å². The van der Waals surface area contributed by atoms with Gasteiger partial charge >= 0.3 is 0 Å². The molecule has 3 aromatic carbocycles. The van der Waals surface area contributed by atoms with Gasteiger partial charge in [0.05, 0.1) is 11.9 Å². The number of hydrogen-bond donors (Lipinski definition) is 3. The number of benzene rings is 3. The summed E-state index contributed by atoms with van der Waals surface area (Å²) >= 11 is 0. The molecule has 5 aromatic rings. The van der Waals surface area contributed by atoms with Crippen molar-refractivity contribution in [1.29, 1.82) is 0 Å². The van der Waals surface area contributed by atoms with E-state index >= 15 is 0 Å². The van der Waals surface area contributed by atoms with Crippen molar-refractivity contribution in [2.45, 2.75) is 25.6 Å². The summed E-state index contributed by atoms with van der Waals surface area (Å²) < 4.78 is 7.43. The van der Waals surface area contributed by atoms with Gasteiger partial charge in [-0.15, -0.1) is 0 Å². The molecule has 206 valence electrons. The summed E-state index contributed by atoms with van der Waals surface area (Å²) in [4.78, 5) is 24.4. The van der Waals surface area contributed by atoms with Gasteiger partial charge in [0.1, 0.15) is 18.8 Å². The highest BCUT2D eigenvalue weighted by molar-refractivity contribution is 5.94. The number of rotatable bonds is 7. The minimum atomic E-state index is -0.0592. The molecule has 2 aliphatic rings. The number of fused-ring (bicyclic) bond motifs is 2. The molecule has 41 heavy (non-hydrogen) atoms. The van der Waals surface area contributed by atoms with E-state index in [1.165, 1.54) is 11.9 Å². The Hall–Kier alpha value is -4.80. The van der Waals surface area contributed by atoms with Gasteiger partial charge in [-0.3, -0.25) is 15.0 Å². The van der Waals surface area contributed by atoms with E-state index in [0.717, 1.165) is 60.9 Å². The number of amides is 1. The first-order valence-corrected chi connectivity index (χ1v) is 13.8. The summed E-state index contributed by atoms with van der Waals surface area (Å²) in [6.45, 7) is 4.00. The average molecular weight is 547 g/mol. The number of carbonyl (C=O) groups is 1. The lowest BCUT2D eigenvalue weighted by molar-refractivity contribution is 0.0937. The molecular formula is C31H30N8O2. The summed E-state index contributed by atoms with van der Waals surface area (Å²) in [6.07, 6.45) is 4.25. The summed E-state index contributed by atoms with van der Waals surface area (Å²) in [7, 11) is 0. The number of carbonyl (C=O) groups excluding carboxylic acids is 1. The van der Waals surface area contributed by atoms with Crippen molar-refractivity contribution in [2.24, 2.45) is 0 Å². The quantitative estimate of drug-likeness (QED) is 0.281. The fourth-order valence-electron chi connectivity index (χ4n) is 5.48. The van der Waals surface area contributed by atoms with Crippen LogP contribution in [0.4, 0.5) is 11.5 Å². The van der Waals surface area contributed by atoms with Crippen molar-refractivity contribution >= 4 is 23.1 Å². The van der Waals surface area contributed by atoms with Gasteiger partial charge in [-0.05, 0) is 54.4 Å². The second kappa shape index (κ2) is 11.0. The van der Waals surface area contributed by atoms with Crippen LogP contribution >= 0.6 is 0 Å². The van der Waals surface area contributed by atoms with E-state index in [1.807, 2.05) is 42.5 Å². The van der Waals surface area contributed by atoms with Gasteiger partial charge in [0, 0.05) is 54.6 Å². The van der Waals surface area contributed by atoms with Gasteiger partial charge in [-0.1, -0.05) is 30.3 Å². The lowest BCUT2D eigenvalue weighted by Gasteiger charge is -2.19. The van der Waals surface area contributed by atoms with E-state index in [-0.39, 0.29) is 11.9 Å². The molecule has 0 saturated carbocycles. The third kappa shape index (κ3) is 5.34. The molecule has 0 bridgehead atoms. The Kier molecular flexibility index (Phi) is 6.75. The number of hydrogen-bond acceptors (Lipinski definition) is 8. The zero-order valence-corrected chi connectivity index (χ0v) is 22.5. The topological polar surface area (TPSA) is 109 Å². The second-order valence-corrected chi connectivity index (χ2v) is 10.4. The molecule has 1 saturated heterocycles. The molecule has 2 aliphatic heterocycles. The van der Waals surface area contributed by atoms with E-state index < -0.39 is 0 Å². The maximum Gasteiger partial charge on any atom is 0.251 e. The highest BCUT2D eigenvalue weighted by atomic mass is 16.5. The maximum atomic E-state index is 12.9. The molecule has 10 nitrogen and oxygen atoms in total. The minimum Gasteiger partial charge on any atom is -0.478 e. The van der Waals surface area contributed by atoms with Crippen molar-refractivity contribution in [3.8, 4) is 17.0 Å². The van der Waals surface area contributed by atoms with Crippen LogP contribution in [0.1, 0.15) is 27.9 Å². The van der Waals surface area contributed by atoms with Crippen LogP contribution in [0, 0.1) is 0 Å². The normalized spacial score (nSPS) is 16.7. The smallest absolute Gasteiger partial charge is 0.251 e. The van der Waals surface area contributed by atoms with E-state index in [0.29, 0.717) is 23.8 Å². The highest BCUT2D eigenvalue weighted by Gasteiger charge is 2.24. The molecule has 1 atom stereocenters. The largest absolute Gasteiger partial charge is 0.478 e. The molecule has 4 heterocycles. The van der Waals surface area contributed by atoms with Gasteiger partial charge in [-0.2, -0.15) is 5.10 Å². The number of nitrogens with one attached hydrogen (secondary N) is 3. The summed E-state index contributed by atoms with van der Waals surface area (Å²) in [5.74, 6) is 1.41. The van der Waals surface area contributed by atoms with Gasteiger partial charge in [-0.25, -0.2) is 14.5 Å². The van der Waals surface area contributed by atoms with Gasteiger partial charge < -0.3 is 15.4 Å². The van der Waals surface area contributed by atoms with Crippen molar-refractivity contribution < 1.29 is 9.53 Å². The fourth-order valence-corrected chi connectivity index (χ4v) is 5.48. The monoisotopic (exact) mass is 546 g/mol. The predicted octanol–water partition coefficient (Wildman–Crippen LogP) is 3.98. The van der Waals surface area contributed by atoms with Gasteiger partial charge in [0.2, 0.25) is 0 Å². The third-order valence-corrected chi connectivity index (χ3v) is 7.57. The van der Waals surface area contributed by atoms with Crippen molar-refractivity contribution in [2.75, 3.05) is 25.1 Å². The highest BCUT2D eigenvalue weighted by Crippen LogP contribution is 2.29. The molecule has 1 amide bonds. The van der Waals surface area contributed by atoms with Crippen molar-refractivity contribution in [3.05, 3.63) is 102 Å². The van der Waals surface area contributed by atoms with Crippen LogP contribution < -0.4 is 20.7 Å². The molecule has 3 N–H and O–H groups in total. The number of aromatic nitrogens is 4. The first-order valence-electron chi connectivity index (χ1n) is 13.8. The number of anilines is 2. The standard InChI is InChI=1S/C31H30N8O2/c40-31(37-26-12-13-38(18-26)17-21-4-2-1-3-5-21)22-6-9-25(10-7-22)36-29-30-34-19-35-39(30)27(16-33-29)23-8-11-28-24(14-23)15-32-20-41-28/h1-11,14,16,19,26,32H,12-13,15,17-18,20H2,(H,33,36)(H,37,40)/t26-/m1/s1.